The third kappa shape index (κ3) is 4.21. The van der Waals surface area contributed by atoms with Crippen molar-refractivity contribution in [2.45, 2.75) is 57.5 Å². The Morgan fingerprint density at radius 1 is 1.07 bits per heavy atom. The second-order valence-electron chi connectivity index (χ2n) is 7.59. The van der Waals surface area contributed by atoms with Gasteiger partial charge in [-0.25, -0.2) is 18.4 Å². The highest BCUT2D eigenvalue weighted by Gasteiger charge is 2.35. The molecule has 2 N–H and O–H groups in total. The standard InChI is InChI=1S/C19H25F2N5O/c1-12-7-13(2)26(25-12)18-9-15(22-16-10-27-11-16)8-17(24-18)23-14-3-5-19(20,21)6-4-14/h7-9,14,16H,3-6,10-11H2,1-2H3,(H2,22,23,24). The summed E-state index contributed by atoms with van der Waals surface area (Å²) in [5.74, 6) is -1.15. The van der Waals surface area contributed by atoms with Gasteiger partial charge >= 0.3 is 0 Å². The highest BCUT2D eigenvalue weighted by Crippen LogP contribution is 2.34. The number of ether oxygens (including phenoxy) is 1. The number of hydrogen-bond acceptors (Lipinski definition) is 5. The van der Waals surface area contributed by atoms with Crippen LogP contribution in [-0.4, -0.2) is 46.0 Å². The van der Waals surface area contributed by atoms with E-state index in [0.717, 1.165) is 17.1 Å². The second kappa shape index (κ2) is 7.07. The third-order valence-corrected chi connectivity index (χ3v) is 5.12. The summed E-state index contributed by atoms with van der Waals surface area (Å²) >= 11 is 0. The van der Waals surface area contributed by atoms with E-state index >= 15 is 0 Å². The molecule has 6 nitrogen and oxygen atoms in total. The number of rotatable bonds is 5. The van der Waals surface area contributed by atoms with Gasteiger partial charge in [-0.3, -0.25) is 0 Å². The van der Waals surface area contributed by atoms with E-state index in [-0.39, 0.29) is 24.9 Å². The number of halogens is 2. The van der Waals surface area contributed by atoms with Gasteiger partial charge in [-0.1, -0.05) is 0 Å². The van der Waals surface area contributed by atoms with Gasteiger partial charge in [-0.2, -0.15) is 5.10 Å². The summed E-state index contributed by atoms with van der Waals surface area (Å²) in [6, 6.07) is 6.17. The topological polar surface area (TPSA) is 64.0 Å². The van der Waals surface area contributed by atoms with Gasteiger partial charge in [0.05, 0.1) is 24.9 Å². The Morgan fingerprint density at radius 2 is 1.81 bits per heavy atom. The van der Waals surface area contributed by atoms with Gasteiger partial charge in [0.15, 0.2) is 5.82 Å². The summed E-state index contributed by atoms with van der Waals surface area (Å²) in [5.41, 5.74) is 2.83. The maximum Gasteiger partial charge on any atom is 0.248 e. The lowest BCUT2D eigenvalue weighted by molar-refractivity contribution is -0.0361. The molecular weight excluding hydrogens is 352 g/mol. The highest BCUT2D eigenvalue weighted by molar-refractivity contribution is 5.58. The molecule has 2 aliphatic rings. The summed E-state index contributed by atoms with van der Waals surface area (Å²) in [5, 5.41) is 11.3. The Bertz CT molecular complexity index is 808. The van der Waals surface area contributed by atoms with Crippen LogP contribution in [0.3, 0.4) is 0 Å². The zero-order chi connectivity index (χ0) is 19.0. The normalized spacial score (nSPS) is 20.3. The minimum absolute atomic E-state index is 0.00714. The van der Waals surface area contributed by atoms with Crippen molar-refractivity contribution in [1.82, 2.24) is 14.8 Å². The van der Waals surface area contributed by atoms with Gasteiger partial charge < -0.3 is 15.4 Å². The van der Waals surface area contributed by atoms with E-state index in [4.69, 9.17) is 9.72 Å². The molecule has 1 aliphatic heterocycles. The van der Waals surface area contributed by atoms with Crippen LogP contribution >= 0.6 is 0 Å². The second-order valence-corrected chi connectivity index (χ2v) is 7.59. The Morgan fingerprint density at radius 3 is 2.41 bits per heavy atom. The lowest BCUT2D eigenvalue weighted by Crippen LogP contribution is -2.40. The molecule has 1 saturated heterocycles. The van der Waals surface area contributed by atoms with Crippen LogP contribution in [-0.2, 0) is 4.74 Å². The fourth-order valence-electron chi connectivity index (χ4n) is 3.59. The number of pyridine rings is 1. The van der Waals surface area contributed by atoms with E-state index in [2.05, 4.69) is 15.7 Å². The zero-order valence-electron chi connectivity index (χ0n) is 15.6. The first-order valence-corrected chi connectivity index (χ1v) is 9.42. The van der Waals surface area contributed by atoms with E-state index in [9.17, 15) is 8.78 Å². The fourth-order valence-corrected chi connectivity index (χ4v) is 3.59. The molecule has 27 heavy (non-hydrogen) atoms. The maximum atomic E-state index is 13.4. The predicted molar refractivity (Wildman–Crippen MR) is 99.9 cm³/mol. The fraction of sp³-hybridized carbons (Fsp3) is 0.579. The molecule has 1 saturated carbocycles. The van der Waals surface area contributed by atoms with Crippen molar-refractivity contribution in [3.63, 3.8) is 0 Å². The minimum Gasteiger partial charge on any atom is -0.377 e. The van der Waals surface area contributed by atoms with Crippen molar-refractivity contribution < 1.29 is 13.5 Å². The number of hydrogen-bond donors (Lipinski definition) is 2. The SMILES string of the molecule is Cc1cc(C)n(-c2cc(NC3COC3)cc(NC3CCC(F)(F)CC3)n2)n1. The molecule has 0 aromatic carbocycles. The van der Waals surface area contributed by atoms with E-state index in [1.165, 1.54) is 0 Å². The Kier molecular flexibility index (Phi) is 4.75. The zero-order valence-corrected chi connectivity index (χ0v) is 15.6. The number of anilines is 2. The Labute approximate surface area is 157 Å². The van der Waals surface area contributed by atoms with Crippen molar-refractivity contribution in [2.24, 2.45) is 0 Å². The maximum absolute atomic E-state index is 13.4. The number of nitrogens with one attached hydrogen (secondary N) is 2. The van der Waals surface area contributed by atoms with Gasteiger partial charge in [0.2, 0.25) is 5.92 Å². The lowest BCUT2D eigenvalue weighted by atomic mass is 9.92. The molecule has 0 amide bonds. The molecule has 3 heterocycles. The first-order chi connectivity index (χ1) is 12.9. The van der Waals surface area contributed by atoms with E-state index in [1.54, 1.807) is 4.68 Å². The summed E-state index contributed by atoms with van der Waals surface area (Å²) in [7, 11) is 0. The molecule has 0 radical (unpaired) electrons. The van der Waals surface area contributed by atoms with Crippen molar-refractivity contribution in [3.05, 3.63) is 29.6 Å². The van der Waals surface area contributed by atoms with Crippen molar-refractivity contribution in [1.29, 1.82) is 0 Å². The van der Waals surface area contributed by atoms with Gasteiger partial charge in [-0.05, 0) is 32.8 Å². The molecule has 2 aromatic heterocycles. The Hall–Kier alpha value is -2.22. The van der Waals surface area contributed by atoms with Crippen LogP contribution < -0.4 is 10.6 Å². The monoisotopic (exact) mass is 377 g/mol. The van der Waals surface area contributed by atoms with Gasteiger partial charge in [0.25, 0.3) is 0 Å². The average Bonchev–Trinajstić information content (AvgIpc) is 2.91. The summed E-state index contributed by atoms with van der Waals surface area (Å²) < 4.78 is 33.9. The number of alkyl halides is 2. The largest absolute Gasteiger partial charge is 0.377 e. The van der Waals surface area contributed by atoms with Gasteiger partial charge in [-0.15, -0.1) is 0 Å². The molecule has 8 heteroatoms. The molecule has 2 aromatic rings. The molecule has 146 valence electrons. The number of aromatic nitrogens is 3. The summed E-state index contributed by atoms with van der Waals surface area (Å²) in [6.07, 6.45) is 0.731. The van der Waals surface area contributed by atoms with Crippen LogP contribution in [0.5, 0.6) is 0 Å². The molecule has 0 spiro atoms. The lowest BCUT2D eigenvalue weighted by Gasteiger charge is -2.30. The van der Waals surface area contributed by atoms with E-state index in [0.29, 0.717) is 37.7 Å². The molecule has 0 unspecified atom stereocenters. The van der Waals surface area contributed by atoms with Crippen molar-refractivity contribution in [3.8, 4) is 5.82 Å². The highest BCUT2D eigenvalue weighted by atomic mass is 19.3. The molecular formula is C19H25F2N5O. The Balaban J connectivity index is 1.58. The smallest absolute Gasteiger partial charge is 0.248 e. The predicted octanol–water partition coefficient (Wildman–Crippen LogP) is 3.68. The van der Waals surface area contributed by atoms with Crippen LogP contribution in [0.25, 0.3) is 5.82 Å². The molecule has 1 aliphatic carbocycles. The minimum atomic E-state index is -2.53. The van der Waals surface area contributed by atoms with Crippen molar-refractivity contribution >= 4 is 11.5 Å². The molecule has 0 bridgehead atoms. The first-order valence-electron chi connectivity index (χ1n) is 9.42. The first kappa shape index (κ1) is 18.2. The van der Waals surface area contributed by atoms with Crippen LogP contribution in [0.1, 0.15) is 37.1 Å². The van der Waals surface area contributed by atoms with E-state index < -0.39 is 5.92 Å². The summed E-state index contributed by atoms with van der Waals surface area (Å²) in [4.78, 5) is 4.69. The van der Waals surface area contributed by atoms with Gasteiger partial charge in [0.1, 0.15) is 5.82 Å². The number of aryl methyl sites for hydroxylation is 2. The molecule has 2 fully saturated rings. The number of nitrogens with zero attached hydrogens (tertiary/aromatic N) is 3. The van der Waals surface area contributed by atoms with Crippen LogP contribution in [0.2, 0.25) is 0 Å². The van der Waals surface area contributed by atoms with Crippen LogP contribution in [0.4, 0.5) is 20.3 Å². The molecule has 4 rings (SSSR count). The average molecular weight is 377 g/mol. The van der Waals surface area contributed by atoms with Crippen LogP contribution in [0, 0.1) is 13.8 Å². The molecule has 0 atom stereocenters. The quantitative estimate of drug-likeness (QED) is 0.832. The van der Waals surface area contributed by atoms with Gasteiger partial charge in [0, 0.05) is 42.4 Å². The summed E-state index contributed by atoms with van der Waals surface area (Å²) in [6.45, 7) is 5.28. The van der Waals surface area contributed by atoms with E-state index in [1.807, 2.05) is 32.0 Å². The van der Waals surface area contributed by atoms with Crippen LogP contribution in [0.15, 0.2) is 18.2 Å². The third-order valence-electron chi connectivity index (χ3n) is 5.12. The van der Waals surface area contributed by atoms with Crippen molar-refractivity contribution in [2.75, 3.05) is 23.8 Å².